The summed E-state index contributed by atoms with van der Waals surface area (Å²) in [5.74, 6) is 0.667. The largest absolute Gasteiger partial charge is 0.492 e. The molecule has 0 radical (unpaired) electrons. The lowest BCUT2D eigenvalue weighted by molar-refractivity contribution is -0.141. The maximum atomic E-state index is 11.2. The Labute approximate surface area is 115 Å². The van der Waals surface area contributed by atoms with Crippen LogP contribution >= 0.6 is 0 Å². The van der Waals surface area contributed by atoms with Crippen molar-refractivity contribution in [2.45, 2.75) is 20.8 Å². The molecular weight excluding hydrogens is 242 g/mol. The molecular formula is C15H23NO3. The van der Waals surface area contributed by atoms with E-state index in [9.17, 15) is 4.79 Å². The molecule has 0 unspecified atom stereocenters. The number of likely N-dealkylation sites (N-methyl/N-ethyl adjacent to an activating group) is 1. The Balaban J connectivity index is 2.41. The second-order valence-electron chi connectivity index (χ2n) is 4.62. The van der Waals surface area contributed by atoms with Crippen molar-refractivity contribution in [3.63, 3.8) is 0 Å². The predicted octanol–water partition coefficient (Wildman–Crippen LogP) is 2.18. The molecule has 0 saturated heterocycles. The zero-order valence-corrected chi connectivity index (χ0v) is 12.2. The zero-order valence-electron chi connectivity index (χ0n) is 12.2. The van der Waals surface area contributed by atoms with Gasteiger partial charge in [-0.3, -0.25) is 9.69 Å². The van der Waals surface area contributed by atoms with Crippen LogP contribution in [-0.2, 0) is 9.53 Å². The quantitative estimate of drug-likeness (QED) is 0.708. The van der Waals surface area contributed by atoms with Crippen molar-refractivity contribution >= 4 is 5.97 Å². The number of nitrogens with zero attached hydrogens (tertiary/aromatic N) is 1. The standard InChI is InChI=1S/C15H23NO3/c1-5-16(11-15(17)18-4)6-7-19-14-9-12(2)8-13(3)10-14/h8-10H,5-7,11H2,1-4H3. The summed E-state index contributed by atoms with van der Waals surface area (Å²) in [5.41, 5.74) is 2.38. The van der Waals surface area contributed by atoms with Gasteiger partial charge in [-0.25, -0.2) is 0 Å². The van der Waals surface area contributed by atoms with Crippen molar-refractivity contribution in [3.05, 3.63) is 29.3 Å². The van der Waals surface area contributed by atoms with Crippen LogP contribution in [0.1, 0.15) is 18.1 Å². The van der Waals surface area contributed by atoms with Gasteiger partial charge in [0.1, 0.15) is 12.4 Å². The van der Waals surface area contributed by atoms with Crippen molar-refractivity contribution < 1.29 is 14.3 Å². The maximum Gasteiger partial charge on any atom is 0.319 e. The summed E-state index contributed by atoms with van der Waals surface area (Å²) < 4.78 is 10.4. The van der Waals surface area contributed by atoms with Gasteiger partial charge in [0.15, 0.2) is 0 Å². The number of carbonyl (C=O) groups excluding carboxylic acids is 1. The number of methoxy groups -OCH3 is 1. The van der Waals surface area contributed by atoms with Gasteiger partial charge in [0.05, 0.1) is 13.7 Å². The molecule has 1 aromatic rings. The van der Waals surface area contributed by atoms with Gasteiger partial charge in [-0.15, -0.1) is 0 Å². The Morgan fingerprint density at radius 1 is 1.21 bits per heavy atom. The average Bonchev–Trinajstić information content (AvgIpc) is 2.36. The number of hydrogen-bond acceptors (Lipinski definition) is 4. The third-order valence-electron chi connectivity index (χ3n) is 2.90. The highest BCUT2D eigenvalue weighted by molar-refractivity contribution is 5.71. The topological polar surface area (TPSA) is 38.8 Å². The molecule has 19 heavy (non-hydrogen) atoms. The average molecular weight is 265 g/mol. The molecule has 0 aromatic heterocycles. The Morgan fingerprint density at radius 3 is 2.37 bits per heavy atom. The van der Waals surface area contributed by atoms with Crippen molar-refractivity contribution in [3.8, 4) is 5.75 Å². The molecule has 1 aromatic carbocycles. The summed E-state index contributed by atoms with van der Waals surface area (Å²) in [6.07, 6.45) is 0. The van der Waals surface area contributed by atoms with Crippen molar-refractivity contribution in [1.82, 2.24) is 4.90 Å². The van der Waals surface area contributed by atoms with Crippen LogP contribution in [0.5, 0.6) is 5.75 Å². The molecule has 0 N–H and O–H groups in total. The first-order valence-corrected chi connectivity index (χ1v) is 6.55. The van der Waals surface area contributed by atoms with E-state index in [1.807, 2.05) is 24.0 Å². The Morgan fingerprint density at radius 2 is 1.84 bits per heavy atom. The summed E-state index contributed by atoms with van der Waals surface area (Å²) in [5, 5.41) is 0. The van der Waals surface area contributed by atoms with Crippen LogP contribution in [0.4, 0.5) is 0 Å². The fourth-order valence-electron chi connectivity index (χ4n) is 1.90. The Hall–Kier alpha value is -1.55. The van der Waals surface area contributed by atoms with E-state index in [4.69, 9.17) is 4.74 Å². The third kappa shape index (κ3) is 5.75. The van der Waals surface area contributed by atoms with Gasteiger partial charge in [0.2, 0.25) is 0 Å². The predicted molar refractivity (Wildman–Crippen MR) is 75.5 cm³/mol. The summed E-state index contributed by atoms with van der Waals surface area (Å²) >= 11 is 0. The van der Waals surface area contributed by atoms with E-state index < -0.39 is 0 Å². The molecule has 0 aliphatic rings. The SMILES string of the molecule is CCN(CCOc1cc(C)cc(C)c1)CC(=O)OC. The highest BCUT2D eigenvalue weighted by Crippen LogP contribution is 2.16. The summed E-state index contributed by atoms with van der Waals surface area (Å²) in [6, 6.07) is 6.15. The molecule has 0 aliphatic carbocycles. The van der Waals surface area contributed by atoms with E-state index in [0.29, 0.717) is 19.7 Å². The van der Waals surface area contributed by atoms with E-state index in [1.165, 1.54) is 18.2 Å². The number of hydrogen-bond donors (Lipinski definition) is 0. The number of aryl methyl sites for hydroxylation is 2. The number of carbonyl (C=O) groups is 1. The molecule has 4 heteroatoms. The molecule has 106 valence electrons. The first kappa shape index (κ1) is 15.5. The van der Waals surface area contributed by atoms with Crippen LogP contribution < -0.4 is 4.74 Å². The number of benzene rings is 1. The molecule has 0 aliphatic heterocycles. The number of ether oxygens (including phenoxy) is 2. The monoisotopic (exact) mass is 265 g/mol. The molecule has 0 spiro atoms. The van der Waals surface area contributed by atoms with E-state index >= 15 is 0 Å². The van der Waals surface area contributed by atoms with E-state index in [0.717, 1.165) is 12.3 Å². The van der Waals surface area contributed by atoms with Crippen LogP contribution in [0.25, 0.3) is 0 Å². The summed E-state index contributed by atoms with van der Waals surface area (Å²) in [6.45, 7) is 8.49. The smallest absolute Gasteiger partial charge is 0.319 e. The number of rotatable bonds is 7. The first-order chi connectivity index (χ1) is 9.05. The summed E-state index contributed by atoms with van der Waals surface area (Å²) in [4.78, 5) is 13.2. The minimum absolute atomic E-state index is 0.215. The van der Waals surface area contributed by atoms with Crippen molar-refractivity contribution in [2.24, 2.45) is 0 Å². The normalized spacial score (nSPS) is 10.6. The lowest BCUT2D eigenvalue weighted by Gasteiger charge is -2.19. The molecule has 1 rings (SSSR count). The molecule has 0 amide bonds. The Bertz CT molecular complexity index is 398. The lowest BCUT2D eigenvalue weighted by atomic mass is 10.1. The Kier molecular flexibility index (Phi) is 6.36. The fraction of sp³-hybridized carbons (Fsp3) is 0.533. The van der Waals surface area contributed by atoms with Crippen LogP contribution in [-0.4, -0.2) is 44.2 Å². The van der Waals surface area contributed by atoms with Gasteiger partial charge in [-0.2, -0.15) is 0 Å². The third-order valence-corrected chi connectivity index (χ3v) is 2.90. The molecule has 0 saturated carbocycles. The van der Waals surface area contributed by atoms with Crippen LogP contribution in [0, 0.1) is 13.8 Å². The molecule has 0 atom stereocenters. The minimum Gasteiger partial charge on any atom is -0.492 e. The van der Waals surface area contributed by atoms with Gasteiger partial charge >= 0.3 is 5.97 Å². The van der Waals surface area contributed by atoms with Gasteiger partial charge in [-0.05, 0) is 43.7 Å². The minimum atomic E-state index is -0.215. The second-order valence-corrected chi connectivity index (χ2v) is 4.62. The number of esters is 1. The van der Waals surface area contributed by atoms with Crippen molar-refractivity contribution in [1.29, 1.82) is 0 Å². The molecule has 4 nitrogen and oxygen atoms in total. The first-order valence-electron chi connectivity index (χ1n) is 6.55. The molecule has 0 bridgehead atoms. The van der Waals surface area contributed by atoms with E-state index in [-0.39, 0.29) is 5.97 Å². The maximum absolute atomic E-state index is 11.2. The van der Waals surface area contributed by atoms with Crippen LogP contribution in [0.15, 0.2) is 18.2 Å². The summed E-state index contributed by atoms with van der Waals surface area (Å²) in [7, 11) is 1.40. The van der Waals surface area contributed by atoms with Crippen LogP contribution in [0.2, 0.25) is 0 Å². The van der Waals surface area contributed by atoms with Gasteiger partial charge in [-0.1, -0.05) is 13.0 Å². The van der Waals surface area contributed by atoms with E-state index in [1.54, 1.807) is 0 Å². The van der Waals surface area contributed by atoms with Gasteiger partial charge < -0.3 is 9.47 Å². The zero-order chi connectivity index (χ0) is 14.3. The lowest BCUT2D eigenvalue weighted by Crippen LogP contribution is -2.33. The highest BCUT2D eigenvalue weighted by Gasteiger charge is 2.08. The van der Waals surface area contributed by atoms with Crippen molar-refractivity contribution in [2.75, 3.05) is 33.4 Å². The molecule has 0 heterocycles. The van der Waals surface area contributed by atoms with Gasteiger partial charge in [0.25, 0.3) is 0 Å². The molecule has 0 fully saturated rings. The second kappa shape index (κ2) is 7.79. The van der Waals surface area contributed by atoms with E-state index in [2.05, 4.69) is 24.7 Å². The van der Waals surface area contributed by atoms with Gasteiger partial charge in [0, 0.05) is 6.54 Å². The highest BCUT2D eigenvalue weighted by atomic mass is 16.5. The fourth-order valence-corrected chi connectivity index (χ4v) is 1.90. The van der Waals surface area contributed by atoms with Crippen LogP contribution in [0.3, 0.4) is 0 Å².